The molecule has 10 heteroatoms. The van der Waals surface area contributed by atoms with Crippen molar-refractivity contribution in [1.82, 2.24) is 19.1 Å². The Morgan fingerprint density at radius 3 is 2.63 bits per heavy atom. The van der Waals surface area contributed by atoms with Crippen LogP contribution in [-0.2, 0) is 21.4 Å². The van der Waals surface area contributed by atoms with Crippen LogP contribution in [0.15, 0.2) is 35.5 Å². The average Bonchev–Trinajstić information content (AvgIpc) is 2.91. The van der Waals surface area contributed by atoms with Crippen molar-refractivity contribution in [1.29, 1.82) is 5.26 Å². The van der Waals surface area contributed by atoms with Crippen LogP contribution in [0.1, 0.15) is 31.5 Å². The standard InChI is InChI=1S/C17H20N6O3S/c18-11-16-19-13-22(21-16)12-17(24)20-14-6-5-7-15(10-14)27(25,26)23-8-3-1-2-4-9-23/h5-7,10,13H,1-4,8-9,12H2,(H,20,24). The zero-order valence-electron chi connectivity index (χ0n) is 14.7. The maximum atomic E-state index is 12.9. The molecule has 0 unspecified atom stereocenters. The van der Waals surface area contributed by atoms with E-state index in [2.05, 4.69) is 15.4 Å². The predicted octanol–water partition coefficient (Wildman–Crippen LogP) is 1.35. The number of carbonyl (C=O) groups is 1. The average molecular weight is 388 g/mol. The lowest BCUT2D eigenvalue weighted by atomic mass is 10.2. The quantitative estimate of drug-likeness (QED) is 0.825. The van der Waals surface area contributed by atoms with Gasteiger partial charge in [0.25, 0.3) is 5.82 Å². The molecule has 1 saturated heterocycles. The summed E-state index contributed by atoms with van der Waals surface area (Å²) in [7, 11) is -3.58. The molecule has 0 radical (unpaired) electrons. The first-order valence-electron chi connectivity index (χ1n) is 8.68. The van der Waals surface area contributed by atoms with Crippen LogP contribution < -0.4 is 5.32 Å². The molecule has 142 valence electrons. The van der Waals surface area contributed by atoms with Gasteiger partial charge in [0.05, 0.1) is 4.90 Å². The number of rotatable bonds is 5. The van der Waals surface area contributed by atoms with E-state index < -0.39 is 15.9 Å². The molecule has 0 atom stereocenters. The van der Waals surface area contributed by atoms with Crippen LogP contribution >= 0.6 is 0 Å². The van der Waals surface area contributed by atoms with Crippen molar-refractivity contribution in [3.8, 4) is 6.07 Å². The fraction of sp³-hybridized carbons (Fsp3) is 0.412. The zero-order valence-corrected chi connectivity index (χ0v) is 15.5. The van der Waals surface area contributed by atoms with Gasteiger partial charge in [-0.3, -0.25) is 4.79 Å². The van der Waals surface area contributed by atoms with Gasteiger partial charge in [-0.15, -0.1) is 5.10 Å². The molecule has 0 aliphatic carbocycles. The summed E-state index contributed by atoms with van der Waals surface area (Å²) in [6.45, 7) is 0.913. The molecule has 2 aromatic rings. The number of nitrogens with zero attached hydrogens (tertiary/aromatic N) is 5. The SMILES string of the molecule is N#Cc1ncn(CC(=O)Nc2cccc(S(=O)(=O)N3CCCCCC3)c2)n1. The summed E-state index contributed by atoms with van der Waals surface area (Å²) >= 11 is 0. The minimum Gasteiger partial charge on any atom is -0.324 e. The number of benzene rings is 1. The van der Waals surface area contributed by atoms with Gasteiger partial charge in [0, 0.05) is 18.8 Å². The van der Waals surface area contributed by atoms with Crippen molar-refractivity contribution >= 4 is 21.6 Å². The molecule has 1 aromatic carbocycles. The Kier molecular flexibility index (Phi) is 5.83. The van der Waals surface area contributed by atoms with E-state index in [9.17, 15) is 13.2 Å². The van der Waals surface area contributed by atoms with Crippen molar-refractivity contribution in [3.63, 3.8) is 0 Å². The van der Waals surface area contributed by atoms with E-state index in [1.54, 1.807) is 18.2 Å². The van der Waals surface area contributed by atoms with E-state index in [0.29, 0.717) is 18.8 Å². The van der Waals surface area contributed by atoms with Crippen LogP contribution in [0.4, 0.5) is 5.69 Å². The summed E-state index contributed by atoms with van der Waals surface area (Å²) < 4.78 is 28.5. The third-order valence-electron chi connectivity index (χ3n) is 4.26. The van der Waals surface area contributed by atoms with E-state index in [1.165, 1.54) is 27.4 Å². The van der Waals surface area contributed by atoms with E-state index >= 15 is 0 Å². The van der Waals surface area contributed by atoms with Crippen LogP contribution in [0.5, 0.6) is 0 Å². The lowest BCUT2D eigenvalue weighted by molar-refractivity contribution is -0.116. The van der Waals surface area contributed by atoms with Crippen molar-refractivity contribution in [2.45, 2.75) is 37.1 Å². The number of hydrogen-bond donors (Lipinski definition) is 1. The van der Waals surface area contributed by atoms with Crippen LogP contribution in [0, 0.1) is 11.3 Å². The van der Waals surface area contributed by atoms with Gasteiger partial charge in [0.1, 0.15) is 18.9 Å². The first kappa shape index (κ1) is 19.0. The summed E-state index contributed by atoms with van der Waals surface area (Å²) in [4.78, 5) is 16.0. The lowest BCUT2D eigenvalue weighted by Crippen LogP contribution is -2.32. The van der Waals surface area contributed by atoms with Gasteiger partial charge < -0.3 is 5.32 Å². The largest absolute Gasteiger partial charge is 0.324 e. The minimum absolute atomic E-state index is 0.0201. The highest BCUT2D eigenvalue weighted by Gasteiger charge is 2.25. The fourth-order valence-electron chi connectivity index (χ4n) is 2.94. The molecule has 27 heavy (non-hydrogen) atoms. The molecule has 1 aromatic heterocycles. The highest BCUT2D eigenvalue weighted by Crippen LogP contribution is 2.22. The maximum absolute atomic E-state index is 12.9. The monoisotopic (exact) mass is 388 g/mol. The zero-order chi connectivity index (χ0) is 19.3. The van der Waals surface area contributed by atoms with Crippen molar-refractivity contribution in [2.75, 3.05) is 18.4 Å². The van der Waals surface area contributed by atoms with E-state index in [0.717, 1.165) is 25.7 Å². The highest BCUT2D eigenvalue weighted by atomic mass is 32.2. The molecular weight excluding hydrogens is 368 g/mol. The molecule has 1 aliphatic rings. The van der Waals surface area contributed by atoms with Crippen LogP contribution in [0.25, 0.3) is 0 Å². The number of aromatic nitrogens is 3. The maximum Gasteiger partial charge on any atom is 0.252 e. The fourth-order valence-corrected chi connectivity index (χ4v) is 4.50. The van der Waals surface area contributed by atoms with E-state index in [4.69, 9.17) is 5.26 Å². The number of nitrogens with one attached hydrogen (secondary N) is 1. The lowest BCUT2D eigenvalue weighted by Gasteiger charge is -2.20. The van der Waals surface area contributed by atoms with Crippen LogP contribution in [0.3, 0.4) is 0 Å². The highest BCUT2D eigenvalue weighted by molar-refractivity contribution is 7.89. The van der Waals surface area contributed by atoms with Gasteiger partial charge in [0.15, 0.2) is 0 Å². The topological polar surface area (TPSA) is 121 Å². The molecule has 1 fully saturated rings. The molecule has 3 rings (SSSR count). The summed E-state index contributed by atoms with van der Waals surface area (Å²) in [5.74, 6) is -0.415. The van der Waals surface area contributed by atoms with E-state index in [1.807, 2.05) is 0 Å². The van der Waals surface area contributed by atoms with Gasteiger partial charge >= 0.3 is 0 Å². The third-order valence-corrected chi connectivity index (χ3v) is 6.16. The summed E-state index contributed by atoms with van der Waals surface area (Å²) in [6, 6.07) is 8.00. The van der Waals surface area contributed by atoms with E-state index in [-0.39, 0.29) is 17.3 Å². The normalized spacial score (nSPS) is 15.7. The number of carbonyl (C=O) groups excluding carboxylic acids is 1. The molecule has 0 spiro atoms. The number of amides is 1. The minimum atomic E-state index is -3.58. The Morgan fingerprint density at radius 2 is 1.96 bits per heavy atom. The van der Waals surface area contributed by atoms with Crippen molar-refractivity contribution < 1.29 is 13.2 Å². The second kappa shape index (κ2) is 8.28. The molecule has 9 nitrogen and oxygen atoms in total. The first-order chi connectivity index (χ1) is 13.0. The number of anilines is 1. The van der Waals surface area contributed by atoms with Crippen LogP contribution in [0.2, 0.25) is 0 Å². The van der Waals surface area contributed by atoms with Gasteiger partial charge in [-0.2, -0.15) is 9.57 Å². The molecule has 0 bridgehead atoms. The second-order valence-electron chi connectivity index (χ2n) is 6.27. The molecule has 1 aliphatic heterocycles. The van der Waals surface area contributed by atoms with Gasteiger partial charge in [-0.1, -0.05) is 18.9 Å². The molecule has 2 heterocycles. The number of hydrogen-bond acceptors (Lipinski definition) is 6. The van der Waals surface area contributed by atoms with Crippen molar-refractivity contribution in [3.05, 3.63) is 36.4 Å². The number of sulfonamides is 1. The van der Waals surface area contributed by atoms with Gasteiger partial charge in [-0.05, 0) is 31.0 Å². The molecule has 0 saturated carbocycles. The van der Waals surface area contributed by atoms with Gasteiger partial charge in [0.2, 0.25) is 15.9 Å². The summed E-state index contributed by atoms with van der Waals surface area (Å²) in [6.07, 6.45) is 5.09. The Bertz CT molecular complexity index is 955. The Labute approximate surface area is 157 Å². The first-order valence-corrected chi connectivity index (χ1v) is 10.1. The smallest absolute Gasteiger partial charge is 0.252 e. The summed E-state index contributed by atoms with van der Waals surface area (Å²) in [5.41, 5.74) is 0.386. The predicted molar refractivity (Wildman–Crippen MR) is 97.0 cm³/mol. The third kappa shape index (κ3) is 4.69. The molecular formula is C17H20N6O3S. The Balaban J connectivity index is 1.71. The molecule has 1 N–H and O–H groups in total. The van der Waals surface area contributed by atoms with Crippen molar-refractivity contribution in [2.24, 2.45) is 0 Å². The van der Waals surface area contributed by atoms with Gasteiger partial charge in [-0.25, -0.2) is 18.1 Å². The Morgan fingerprint density at radius 1 is 1.22 bits per heavy atom. The number of nitriles is 1. The molecule has 1 amide bonds. The van der Waals surface area contributed by atoms with Crippen LogP contribution in [-0.4, -0.2) is 46.5 Å². The Hall–Kier alpha value is -2.77. The second-order valence-corrected chi connectivity index (χ2v) is 8.21. The summed E-state index contributed by atoms with van der Waals surface area (Å²) in [5, 5.41) is 15.2.